The van der Waals surface area contributed by atoms with Crippen molar-refractivity contribution >= 4 is 16.9 Å². The van der Waals surface area contributed by atoms with Crippen LogP contribution in [-0.2, 0) is 0 Å². The molecular weight excluding hydrogens is 240 g/mol. The van der Waals surface area contributed by atoms with E-state index in [0.29, 0.717) is 16.9 Å². The van der Waals surface area contributed by atoms with Crippen molar-refractivity contribution in [3.05, 3.63) is 34.2 Å². The van der Waals surface area contributed by atoms with E-state index in [9.17, 15) is 9.59 Å². The summed E-state index contributed by atoms with van der Waals surface area (Å²) >= 11 is 0. The predicted octanol–water partition coefficient (Wildman–Crippen LogP) is 1.51. The van der Waals surface area contributed by atoms with Gasteiger partial charge in [-0.3, -0.25) is 0 Å². The van der Waals surface area contributed by atoms with Gasteiger partial charge in [-0.25, -0.2) is 9.59 Å². The van der Waals surface area contributed by atoms with E-state index >= 15 is 0 Å². The molecule has 0 aliphatic rings. The van der Waals surface area contributed by atoms with E-state index in [-0.39, 0.29) is 5.58 Å². The summed E-state index contributed by atoms with van der Waals surface area (Å²) in [6.45, 7) is 0. The number of rotatable bonds is 3. The maximum Gasteiger partial charge on any atom is 0.351 e. The Morgan fingerprint density at radius 3 is 2.50 bits per heavy atom. The molecule has 0 amide bonds. The molecule has 0 unspecified atom stereocenters. The summed E-state index contributed by atoms with van der Waals surface area (Å²) in [6.07, 6.45) is 0. The van der Waals surface area contributed by atoms with E-state index in [4.69, 9.17) is 19.0 Å². The smallest absolute Gasteiger partial charge is 0.351 e. The van der Waals surface area contributed by atoms with Crippen LogP contribution >= 0.6 is 0 Å². The van der Waals surface area contributed by atoms with Crippen LogP contribution in [0, 0.1) is 0 Å². The predicted molar refractivity (Wildman–Crippen MR) is 62.5 cm³/mol. The fourth-order valence-electron chi connectivity index (χ4n) is 1.60. The minimum absolute atomic E-state index is 0.209. The van der Waals surface area contributed by atoms with Crippen LogP contribution in [0.2, 0.25) is 0 Å². The monoisotopic (exact) mass is 250 g/mol. The molecule has 94 valence electrons. The summed E-state index contributed by atoms with van der Waals surface area (Å²) in [5, 5.41) is 9.26. The third kappa shape index (κ3) is 1.88. The standard InChI is InChI=1S/C12H10O6/c1-16-6-3-9(17-2)7-5-8(11(13)14)12(15)18-10(7)4-6/h3-5H,1-2H3,(H,13,14). The Kier molecular flexibility index (Phi) is 2.93. The second kappa shape index (κ2) is 4.40. The van der Waals surface area contributed by atoms with Gasteiger partial charge in [-0.1, -0.05) is 0 Å². The van der Waals surface area contributed by atoms with Crippen molar-refractivity contribution < 1.29 is 23.8 Å². The van der Waals surface area contributed by atoms with E-state index in [1.54, 1.807) is 6.07 Å². The molecule has 6 heteroatoms. The van der Waals surface area contributed by atoms with Crippen LogP contribution in [0.15, 0.2) is 27.4 Å². The summed E-state index contributed by atoms with van der Waals surface area (Å²) in [5.74, 6) is -0.523. The van der Waals surface area contributed by atoms with Crippen LogP contribution < -0.4 is 15.1 Å². The highest BCUT2D eigenvalue weighted by molar-refractivity contribution is 5.94. The van der Waals surface area contributed by atoms with Crippen molar-refractivity contribution in [2.75, 3.05) is 14.2 Å². The number of methoxy groups -OCH3 is 2. The largest absolute Gasteiger partial charge is 0.496 e. The van der Waals surface area contributed by atoms with Gasteiger partial charge >= 0.3 is 11.6 Å². The van der Waals surface area contributed by atoms with Gasteiger partial charge in [0.2, 0.25) is 0 Å². The third-order valence-corrected chi connectivity index (χ3v) is 2.47. The van der Waals surface area contributed by atoms with E-state index < -0.39 is 17.2 Å². The van der Waals surface area contributed by atoms with Crippen molar-refractivity contribution in [3.63, 3.8) is 0 Å². The fraction of sp³-hybridized carbons (Fsp3) is 0.167. The topological polar surface area (TPSA) is 86.0 Å². The Hall–Kier alpha value is -2.50. The van der Waals surface area contributed by atoms with E-state index in [0.717, 1.165) is 0 Å². The third-order valence-electron chi connectivity index (χ3n) is 2.47. The number of carbonyl (C=O) groups is 1. The molecule has 0 bridgehead atoms. The molecular formula is C12H10O6. The number of benzene rings is 1. The van der Waals surface area contributed by atoms with Crippen LogP contribution in [-0.4, -0.2) is 25.3 Å². The molecule has 1 aromatic carbocycles. The molecule has 2 rings (SSSR count). The van der Waals surface area contributed by atoms with Gasteiger partial charge in [0.1, 0.15) is 22.6 Å². The number of carboxylic acid groups (broad SMARTS) is 1. The highest BCUT2D eigenvalue weighted by atomic mass is 16.5. The van der Waals surface area contributed by atoms with Gasteiger partial charge in [0.25, 0.3) is 0 Å². The minimum atomic E-state index is -1.34. The summed E-state index contributed by atoms with van der Waals surface area (Å²) in [6, 6.07) is 4.29. The lowest BCUT2D eigenvalue weighted by Crippen LogP contribution is -2.13. The summed E-state index contributed by atoms with van der Waals surface area (Å²) < 4.78 is 15.1. The fourth-order valence-corrected chi connectivity index (χ4v) is 1.60. The Labute approximate surface area is 101 Å². The lowest BCUT2D eigenvalue weighted by Gasteiger charge is -2.07. The average Bonchev–Trinajstić information content (AvgIpc) is 2.35. The Balaban J connectivity index is 2.84. The maximum atomic E-state index is 11.4. The quantitative estimate of drug-likeness (QED) is 0.831. The highest BCUT2D eigenvalue weighted by Crippen LogP contribution is 2.30. The average molecular weight is 250 g/mol. The first-order chi connectivity index (χ1) is 8.56. The number of fused-ring (bicyclic) bond motifs is 1. The van der Waals surface area contributed by atoms with Gasteiger partial charge in [-0.2, -0.15) is 0 Å². The summed E-state index contributed by atoms with van der Waals surface area (Å²) in [4.78, 5) is 22.3. The van der Waals surface area contributed by atoms with Crippen LogP contribution in [0.3, 0.4) is 0 Å². The lowest BCUT2D eigenvalue weighted by molar-refractivity contribution is 0.0692. The van der Waals surface area contributed by atoms with Gasteiger partial charge in [0, 0.05) is 12.1 Å². The van der Waals surface area contributed by atoms with Gasteiger partial charge < -0.3 is 19.0 Å². The first kappa shape index (κ1) is 12.0. The molecule has 0 fully saturated rings. The van der Waals surface area contributed by atoms with Gasteiger partial charge in [0.05, 0.1) is 19.6 Å². The summed E-state index contributed by atoms with van der Waals surface area (Å²) in [5.41, 5.74) is -1.14. The van der Waals surface area contributed by atoms with Gasteiger partial charge in [0.15, 0.2) is 0 Å². The SMILES string of the molecule is COc1cc(OC)c2cc(C(=O)O)c(=O)oc2c1. The van der Waals surface area contributed by atoms with Crippen LogP contribution in [0.5, 0.6) is 11.5 Å². The first-order valence-corrected chi connectivity index (χ1v) is 5.00. The van der Waals surface area contributed by atoms with Crippen LogP contribution in [0.4, 0.5) is 0 Å². The molecule has 6 nitrogen and oxygen atoms in total. The molecule has 0 aliphatic carbocycles. The Bertz CT molecular complexity index is 670. The maximum absolute atomic E-state index is 11.4. The van der Waals surface area contributed by atoms with Crippen molar-refractivity contribution in [1.82, 2.24) is 0 Å². The molecule has 0 atom stereocenters. The van der Waals surface area contributed by atoms with E-state index in [1.807, 2.05) is 0 Å². The molecule has 0 radical (unpaired) electrons. The number of hydrogen-bond acceptors (Lipinski definition) is 5. The molecule has 0 saturated heterocycles. The highest BCUT2D eigenvalue weighted by Gasteiger charge is 2.15. The molecule has 18 heavy (non-hydrogen) atoms. The first-order valence-electron chi connectivity index (χ1n) is 5.00. The molecule has 0 aliphatic heterocycles. The molecule has 1 aromatic heterocycles. The second-order valence-corrected chi connectivity index (χ2v) is 3.49. The van der Waals surface area contributed by atoms with Crippen LogP contribution in [0.1, 0.15) is 10.4 Å². The Morgan fingerprint density at radius 1 is 1.22 bits per heavy atom. The normalized spacial score (nSPS) is 10.3. The Morgan fingerprint density at radius 2 is 1.94 bits per heavy atom. The molecule has 0 spiro atoms. The van der Waals surface area contributed by atoms with E-state index in [1.165, 1.54) is 26.4 Å². The zero-order valence-corrected chi connectivity index (χ0v) is 9.72. The number of carboxylic acids is 1. The minimum Gasteiger partial charge on any atom is -0.496 e. The van der Waals surface area contributed by atoms with Crippen molar-refractivity contribution in [2.45, 2.75) is 0 Å². The second-order valence-electron chi connectivity index (χ2n) is 3.49. The molecule has 1 N–H and O–H groups in total. The van der Waals surface area contributed by atoms with E-state index in [2.05, 4.69) is 0 Å². The van der Waals surface area contributed by atoms with Crippen molar-refractivity contribution in [2.24, 2.45) is 0 Å². The van der Waals surface area contributed by atoms with Crippen molar-refractivity contribution in [1.29, 1.82) is 0 Å². The zero-order valence-electron chi connectivity index (χ0n) is 9.72. The molecule has 2 aromatic rings. The number of ether oxygens (including phenoxy) is 2. The van der Waals surface area contributed by atoms with Gasteiger partial charge in [-0.15, -0.1) is 0 Å². The summed E-state index contributed by atoms with van der Waals surface area (Å²) in [7, 11) is 2.89. The molecule has 1 heterocycles. The van der Waals surface area contributed by atoms with Gasteiger partial charge in [-0.05, 0) is 6.07 Å². The number of hydrogen-bond donors (Lipinski definition) is 1. The van der Waals surface area contributed by atoms with Crippen LogP contribution in [0.25, 0.3) is 11.0 Å². The lowest BCUT2D eigenvalue weighted by atomic mass is 10.1. The zero-order chi connectivity index (χ0) is 13.3. The van der Waals surface area contributed by atoms with Crippen molar-refractivity contribution in [3.8, 4) is 11.5 Å². The number of aromatic carboxylic acids is 1. The molecule has 0 saturated carbocycles.